The van der Waals surface area contributed by atoms with Crippen LogP contribution in [-0.4, -0.2) is 35.0 Å². The Balaban J connectivity index is 1.75. The van der Waals surface area contributed by atoms with Crippen LogP contribution in [0.1, 0.15) is 17.9 Å². The van der Waals surface area contributed by atoms with E-state index in [0.29, 0.717) is 22.3 Å². The lowest BCUT2D eigenvalue weighted by molar-refractivity contribution is -0.133. The van der Waals surface area contributed by atoms with Crippen LogP contribution in [0.3, 0.4) is 0 Å². The number of carboxylic acid groups (broad SMARTS) is 1. The lowest BCUT2D eigenvalue weighted by Crippen LogP contribution is -2.27. The molecule has 1 amide bonds. The molecule has 21 heavy (non-hydrogen) atoms. The van der Waals surface area contributed by atoms with Crippen molar-refractivity contribution in [1.82, 2.24) is 5.32 Å². The van der Waals surface area contributed by atoms with Crippen LogP contribution in [0.25, 0.3) is 0 Å². The van der Waals surface area contributed by atoms with Crippen LogP contribution in [0.2, 0.25) is 10.0 Å². The van der Waals surface area contributed by atoms with Crippen LogP contribution in [0.4, 0.5) is 0 Å². The molecule has 2 atom stereocenters. The molecule has 4 nitrogen and oxygen atoms in total. The summed E-state index contributed by atoms with van der Waals surface area (Å²) in [4.78, 5) is 22.3. The fourth-order valence-electron chi connectivity index (χ4n) is 2.17. The molecular formula is C14H15Cl2NO3S. The van der Waals surface area contributed by atoms with Crippen molar-refractivity contribution >= 4 is 46.8 Å². The van der Waals surface area contributed by atoms with Gasteiger partial charge in [-0.25, -0.2) is 0 Å². The molecule has 0 heterocycles. The van der Waals surface area contributed by atoms with Crippen molar-refractivity contribution in [2.75, 3.05) is 18.1 Å². The van der Waals surface area contributed by atoms with E-state index in [2.05, 4.69) is 5.32 Å². The number of carbonyl (C=O) groups excluding carboxylic acids is 1. The van der Waals surface area contributed by atoms with Crippen molar-refractivity contribution in [3.63, 3.8) is 0 Å². The first-order valence-corrected chi connectivity index (χ1v) is 8.42. The van der Waals surface area contributed by atoms with Crippen molar-refractivity contribution in [1.29, 1.82) is 0 Å². The van der Waals surface area contributed by atoms with E-state index in [4.69, 9.17) is 28.3 Å². The molecule has 0 bridgehead atoms. The number of nitrogens with one attached hydrogen (secondary N) is 1. The molecule has 2 rings (SSSR count). The van der Waals surface area contributed by atoms with Crippen molar-refractivity contribution in [3.8, 4) is 0 Å². The fraction of sp³-hybridized carbons (Fsp3) is 0.429. The van der Waals surface area contributed by atoms with Gasteiger partial charge in [-0.3, -0.25) is 9.59 Å². The Labute approximate surface area is 137 Å². The Hall–Kier alpha value is -0.910. The number of benzene rings is 1. The Kier molecular flexibility index (Phi) is 5.79. The molecule has 0 aromatic heterocycles. The SMILES string of the molecule is O=C(O)CSCCNC(=O)C1CC1c1ccc(Cl)cc1Cl. The van der Waals surface area contributed by atoms with Crippen LogP contribution >= 0.6 is 35.0 Å². The molecule has 1 fully saturated rings. The molecule has 0 aliphatic heterocycles. The van der Waals surface area contributed by atoms with E-state index in [0.717, 1.165) is 12.0 Å². The molecule has 0 radical (unpaired) electrons. The minimum absolute atomic E-state index is 0.00180. The van der Waals surface area contributed by atoms with E-state index in [1.54, 1.807) is 12.1 Å². The maximum absolute atomic E-state index is 12.0. The zero-order valence-corrected chi connectivity index (χ0v) is 13.5. The zero-order valence-electron chi connectivity index (χ0n) is 11.1. The highest BCUT2D eigenvalue weighted by atomic mass is 35.5. The third-order valence-corrected chi connectivity index (χ3v) is 4.77. The first-order valence-electron chi connectivity index (χ1n) is 6.51. The average molecular weight is 348 g/mol. The molecule has 7 heteroatoms. The maximum atomic E-state index is 12.0. The van der Waals surface area contributed by atoms with E-state index in [1.807, 2.05) is 6.07 Å². The summed E-state index contributed by atoms with van der Waals surface area (Å²) in [7, 11) is 0. The van der Waals surface area contributed by atoms with Gasteiger partial charge in [0, 0.05) is 28.3 Å². The predicted molar refractivity (Wildman–Crippen MR) is 85.3 cm³/mol. The van der Waals surface area contributed by atoms with E-state index in [9.17, 15) is 9.59 Å². The highest BCUT2D eigenvalue weighted by molar-refractivity contribution is 7.99. The lowest BCUT2D eigenvalue weighted by Gasteiger charge is -2.06. The number of hydrogen-bond donors (Lipinski definition) is 2. The smallest absolute Gasteiger partial charge is 0.313 e. The summed E-state index contributed by atoms with van der Waals surface area (Å²) in [6.45, 7) is 0.481. The highest BCUT2D eigenvalue weighted by Crippen LogP contribution is 2.49. The third kappa shape index (κ3) is 4.80. The minimum Gasteiger partial charge on any atom is -0.481 e. The Morgan fingerprint density at radius 1 is 1.38 bits per heavy atom. The van der Waals surface area contributed by atoms with Gasteiger partial charge in [-0.2, -0.15) is 0 Å². The Bertz CT molecular complexity index is 553. The maximum Gasteiger partial charge on any atom is 0.313 e. The third-order valence-electron chi connectivity index (χ3n) is 3.26. The standard InChI is InChI=1S/C14H15Cl2NO3S/c15-8-1-2-9(12(16)5-8)10-6-11(10)14(20)17-3-4-21-7-13(18)19/h1-2,5,10-11H,3-4,6-7H2,(H,17,20)(H,18,19). The number of thioether (sulfide) groups is 1. The quantitative estimate of drug-likeness (QED) is 0.744. The number of amides is 1. The number of halogens is 2. The zero-order chi connectivity index (χ0) is 15.4. The van der Waals surface area contributed by atoms with Gasteiger partial charge in [-0.05, 0) is 30.0 Å². The molecule has 1 aromatic rings. The number of carbonyl (C=O) groups is 2. The molecule has 0 saturated heterocycles. The summed E-state index contributed by atoms with van der Waals surface area (Å²) in [5.41, 5.74) is 0.960. The summed E-state index contributed by atoms with van der Waals surface area (Å²) in [6, 6.07) is 5.33. The Morgan fingerprint density at radius 3 is 2.81 bits per heavy atom. The van der Waals surface area contributed by atoms with Gasteiger partial charge in [-0.15, -0.1) is 11.8 Å². The molecule has 114 valence electrons. The number of carboxylic acids is 1. The number of rotatable bonds is 7. The van der Waals surface area contributed by atoms with Gasteiger partial charge in [0.2, 0.25) is 5.91 Å². The van der Waals surface area contributed by atoms with Crippen molar-refractivity contribution in [3.05, 3.63) is 33.8 Å². The van der Waals surface area contributed by atoms with E-state index in [-0.39, 0.29) is 23.5 Å². The Morgan fingerprint density at radius 2 is 2.14 bits per heavy atom. The molecule has 1 aliphatic rings. The monoisotopic (exact) mass is 347 g/mol. The van der Waals surface area contributed by atoms with Crippen molar-refractivity contribution in [2.45, 2.75) is 12.3 Å². The first-order chi connectivity index (χ1) is 9.99. The van der Waals surface area contributed by atoms with E-state index >= 15 is 0 Å². The molecular weight excluding hydrogens is 333 g/mol. The second-order valence-electron chi connectivity index (χ2n) is 4.85. The summed E-state index contributed by atoms with van der Waals surface area (Å²) in [6.07, 6.45) is 0.787. The predicted octanol–water partition coefficient (Wildman–Crippen LogP) is 3.03. The molecule has 1 aliphatic carbocycles. The van der Waals surface area contributed by atoms with Crippen LogP contribution in [0, 0.1) is 5.92 Å². The molecule has 2 unspecified atom stereocenters. The molecule has 2 N–H and O–H groups in total. The highest BCUT2D eigenvalue weighted by Gasteiger charge is 2.44. The summed E-state index contributed by atoms with van der Waals surface area (Å²) >= 11 is 13.3. The van der Waals surface area contributed by atoms with Gasteiger partial charge in [0.05, 0.1) is 5.75 Å². The topological polar surface area (TPSA) is 66.4 Å². The second-order valence-corrected chi connectivity index (χ2v) is 6.80. The van der Waals surface area contributed by atoms with E-state index < -0.39 is 5.97 Å². The minimum atomic E-state index is -0.842. The number of hydrogen-bond acceptors (Lipinski definition) is 3. The average Bonchev–Trinajstić information content (AvgIpc) is 3.18. The van der Waals surface area contributed by atoms with Gasteiger partial charge in [0.15, 0.2) is 0 Å². The van der Waals surface area contributed by atoms with Crippen molar-refractivity contribution < 1.29 is 14.7 Å². The van der Waals surface area contributed by atoms with E-state index in [1.165, 1.54) is 11.8 Å². The van der Waals surface area contributed by atoms with Gasteiger partial charge in [0.1, 0.15) is 0 Å². The molecule has 0 spiro atoms. The van der Waals surface area contributed by atoms with Crippen LogP contribution in [-0.2, 0) is 9.59 Å². The normalized spacial score (nSPS) is 20.1. The second kappa shape index (κ2) is 7.38. The summed E-state index contributed by atoms with van der Waals surface area (Å²) in [5, 5.41) is 12.5. The first kappa shape index (κ1) is 16.5. The van der Waals surface area contributed by atoms with Crippen LogP contribution < -0.4 is 5.32 Å². The summed E-state index contributed by atoms with van der Waals surface area (Å²) in [5.74, 6) is -0.0816. The molecule has 1 aromatic carbocycles. The summed E-state index contributed by atoms with van der Waals surface area (Å²) < 4.78 is 0. The molecule has 1 saturated carbocycles. The van der Waals surface area contributed by atoms with Crippen molar-refractivity contribution in [2.24, 2.45) is 5.92 Å². The largest absolute Gasteiger partial charge is 0.481 e. The van der Waals surface area contributed by atoms with Gasteiger partial charge >= 0.3 is 5.97 Å². The van der Waals surface area contributed by atoms with Gasteiger partial charge in [0.25, 0.3) is 0 Å². The van der Waals surface area contributed by atoms with Crippen LogP contribution in [0.5, 0.6) is 0 Å². The van der Waals surface area contributed by atoms with Gasteiger partial charge < -0.3 is 10.4 Å². The van der Waals surface area contributed by atoms with Crippen LogP contribution in [0.15, 0.2) is 18.2 Å². The number of aliphatic carboxylic acids is 1. The fourth-order valence-corrected chi connectivity index (χ4v) is 3.28. The van der Waals surface area contributed by atoms with Gasteiger partial charge in [-0.1, -0.05) is 29.3 Å². The lowest BCUT2D eigenvalue weighted by atomic mass is 10.1.